The zero-order valence-corrected chi connectivity index (χ0v) is 20.9. The van der Waals surface area contributed by atoms with E-state index in [1.807, 2.05) is 18.2 Å². The second kappa shape index (κ2) is 8.92. The summed E-state index contributed by atoms with van der Waals surface area (Å²) in [4.78, 5) is 71.8. The molecule has 1 fully saturated rings. The molecule has 2 aromatic heterocycles. The van der Waals surface area contributed by atoms with Crippen LogP contribution in [0.2, 0.25) is 0 Å². The predicted octanol–water partition coefficient (Wildman–Crippen LogP) is 2.16. The quantitative estimate of drug-likeness (QED) is 0.430. The van der Waals surface area contributed by atoms with Crippen LogP contribution >= 0.6 is 11.3 Å². The number of thiazole rings is 1. The number of para-hydroxylation sites is 1. The summed E-state index contributed by atoms with van der Waals surface area (Å²) in [5, 5.41) is 8.23. The van der Waals surface area contributed by atoms with Gasteiger partial charge >= 0.3 is 6.03 Å². The van der Waals surface area contributed by atoms with E-state index in [-0.39, 0.29) is 29.9 Å². The third-order valence-electron chi connectivity index (χ3n) is 6.09. The van der Waals surface area contributed by atoms with Gasteiger partial charge in [0.05, 0.1) is 22.9 Å². The lowest BCUT2D eigenvalue weighted by Crippen LogP contribution is -2.54. The summed E-state index contributed by atoms with van der Waals surface area (Å²) in [6.45, 7) is 3.60. The minimum atomic E-state index is -1.10. The van der Waals surface area contributed by atoms with Crippen molar-refractivity contribution >= 4 is 57.0 Å². The van der Waals surface area contributed by atoms with Gasteiger partial charge < -0.3 is 10.1 Å². The molecule has 190 valence electrons. The smallest absolute Gasteiger partial charge is 0.321 e. The zero-order chi connectivity index (χ0) is 26.5. The Morgan fingerprint density at radius 3 is 2.65 bits per heavy atom. The number of pyridine rings is 1. The Bertz CT molecular complexity index is 1500. The number of methoxy groups -OCH3 is 1. The second-order valence-electron chi connectivity index (χ2n) is 9.07. The largest absolute Gasteiger partial charge is 0.494 e. The zero-order valence-electron chi connectivity index (χ0n) is 20.1. The molecule has 1 aromatic carbocycles. The van der Waals surface area contributed by atoms with Crippen molar-refractivity contribution in [1.82, 2.24) is 25.5 Å². The highest BCUT2D eigenvalue weighted by Gasteiger charge is 2.45. The first-order valence-electron chi connectivity index (χ1n) is 11.3. The van der Waals surface area contributed by atoms with Crippen LogP contribution in [0.1, 0.15) is 52.5 Å². The van der Waals surface area contributed by atoms with Crippen molar-refractivity contribution in [3.05, 3.63) is 46.6 Å². The number of carbonyl (C=O) groups excluding carboxylic acids is 5. The van der Waals surface area contributed by atoms with E-state index in [9.17, 15) is 24.0 Å². The number of urea groups is 1. The van der Waals surface area contributed by atoms with Crippen LogP contribution in [0.15, 0.2) is 30.3 Å². The molecular formula is C24H22N6O6S. The Morgan fingerprint density at radius 2 is 1.92 bits per heavy atom. The Kier molecular flexibility index (Phi) is 5.86. The number of anilines is 1. The van der Waals surface area contributed by atoms with E-state index in [4.69, 9.17) is 4.74 Å². The average Bonchev–Trinajstić information content (AvgIpc) is 3.39. The summed E-state index contributed by atoms with van der Waals surface area (Å²) in [7, 11) is 1.57. The maximum absolute atomic E-state index is 13.0. The molecule has 0 saturated carbocycles. The molecule has 4 heterocycles. The van der Waals surface area contributed by atoms with Crippen molar-refractivity contribution in [2.75, 3.05) is 12.4 Å². The van der Waals surface area contributed by atoms with E-state index in [0.717, 1.165) is 9.60 Å². The highest BCUT2D eigenvalue weighted by molar-refractivity contribution is 7.18. The first-order valence-corrected chi connectivity index (χ1v) is 12.2. The number of amides is 6. The molecule has 2 aliphatic rings. The molecule has 3 N–H and O–H groups in total. The number of rotatable bonds is 5. The van der Waals surface area contributed by atoms with Crippen LogP contribution in [0.3, 0.4) is 0 Å². The van der Waals surface area contributed by atoms with E-state index in [1.54, 1.807) is 21.0 Å². The SMILES string of the molecule is COc1cccc2sc(C(C)(C)NC(=O)Nc3ccc4c(n3)C(=O)N(C3CCC(=O)NC3=O)C4=O)nc12. The Hall–Kier alpha value is -4.39. The number of nitrogens with zero attached hydrogens (tertiary/aromatic N) is 3. The predicted molar refractivity (Wildman–Crippen MR) is 132 cm³/mol. The number of carbonyl (C=O) groups is 5. The number of imide groups is 2. The molecule has 3 aromatic rings. The van der Waals surface area contributed by atoms with Crippen molar-refractivity contribution in [3.63, 3.8) is 0 Å². The molecule has 5 rings (SSSR count). The molecule has 37 heavy (non-hydrogen) atoms. The van der Waals surface area contributed by atoms with Gasteiger partial charge in [0.25, 0.3) is 11.8 Å². The summed E-state index contributed by atoms with van der Waals surface area (Å²) >= 11 is 1.42. The van der Waals surface area contributed by atoms with Crippen LogP contribution in [0, 0.1) is 0 Å². The fourth-order valence-electron chi connectivity index (χ4n) is 4.25. The summed E-state index contributed by atoms with van der Waals surface area (Å²) < 4.78 is 6.28. The lowest BCUT2D eigenvalue weighted by Gasteiger charge is -2.27. The monoisotopic (exact) mass is 522 g/mol. The molecule has 1 saturated heterocycles. The Morgan fingerprint density at radius 1 is 1.14 bits per heavy atom. The average molecular weight is 523 g/mol. The molecule has 0 aliphatic carbocycles. The number of ether oxygens (including phenoxy) is 1. The van der Waals surface area contributed by atoms with Gasteiger partial charge in [-0.25, -0.2) is 14.8 Å². The van der Waals surface area contributed by atoms with E-state index in [1.165, 1.54) is 23.5 Å². The number of aromatic nitrogens is 2. The standard InChI is InChI=1S/C24H22N6O6S/c1-24(2,22-28-18-13(36-3)5-4-6-14(18)37-22)29-23(35)26-15-9-7-11-17(25-15)21(34)30(20(11)33)12-8-10-16(31)27-19(12)32/h4-7,9,12H,8,10H2,1-3H3,(H,27,31,32)(H2,25,26,29,35). The summed E-state index contributed by atoms with van der Waals surface area (Å²) in [6.07, 6.45) is 0.0534. The van der Waals surface area contributed by atoms with Crippen molar-refractivity contribution in [2.24, 2.45) is 0 Å². The lowest BCUT2D eigenvalue weighted by atomic mass is 10.0. The number of hydrogen-bond donors (Lipinski definition) is 3. The van der Waals surface area contributed by atoms with Gasteiger partial charge in [-0.2, -0.15) is 0 Å². The maximum atomic E-state index is 13.0. The lowest BCUT2D eigenvalue weighted by molar-refractivity contribution is -0.136. The highest BCUT2D eigenvalue weighted by Crippen LogP contribution is 2.34. The fraction of sp³-hybridized carbons (Fsp3) is 0.292. The van der Waals surface area contributed by atoms with Gasteiger partial charge in [-0.3, -0.25) is 34.7 Å². The fourth-order valence-corrected chi connectivity index (χ4v) is 5.29. The molecule has 0 radical (unpaired) electrons. The topological polar surface area (TPSA) is 160 Å². The van der Waals surface area contributed by atoms with E-state index < -0.39 is 41.2 Å². The molecule has 1 atom stereocenters. The molecule has 12 nitrogen and oxygen atoms in total. The maximum Gasteiger partial charge on any atom is 0.321 e. The van der Waals surface area contributed by atoms with Crippen molar-refractivity contribution in [3.8, 4) is 5.75 Å². The molecule has 2 aliphatic heterocycles. The third-order valence-corrected chi connectivity index (χ3v) is 7.44. The minimum absolute atomic E-state index is 0.0153. The number of fused-ring (bicyclic) bond motifs is 2. The van der Waals surface area contributed by atoms with Crippen molar-refractivity contribution in [2.45, 2.75) is 38.3 Å². The molecule has 0 spiro atoms. The van der Waals surface area contributed by atoms with Gasteiger partial charge in [0, 0.05) is 6.42 Å². The van der Waals surface area contributed by atoms with Gasteiger partial charge in [0.2, 0.25) is 11.8 Å². The van der Waals surface area contributed by atoms with Crippen LogP contribution in [-0.2, 0) is 15.1 Å². The third kappa shape index (κ3) is 4.27. The van der Waals surface area contributed by atoms with Gasteiger partial charge in [0.1, 0.15) is 33.8 Å². The van der Waals surface area contributed by atoms with Crippen LogP contribution in [0.5, 0.6) is 5.75 Å². The number of nitrogens with one attached hydrogen (secondary N) is 3. The van der Waals surface area contributed by atoms with Crippen LogP contribution < -0.4 is 20.7 Å². The van der Waals surface area contributed by atoms with Crippen molar-refractivity contribution < 1.29 is 28.7 Å². The molecule has 1 unspecified atom stereocenters. The van der Waals surface area contributed by atoms with Gasteiger partial charge in [-0.05, 0) is 44.5 Å². The second-order valence-corrected chi connectivity index (χ2v) is 10.1. The normalized spacial score (nSPS) is 17.6. The first-order chi connectivity index (χ1) is 17.6. The Balaban J connectivity index is 1.32. The van der Waals surface area contributed by atoms with E-state index >= 15 is 0 Å². The van der Waals surface area contributed by atoms with Gasteiger partial charge in [-0.15, -0.1) is 11.3 Å². The number of hydrogen-bond acceptors (Lipinski definition) is 9. The summed E-state index contributed by atoms with van der Waals surface area (Å²) in [5.41, 5.74) is -0.317. The summed E-state index contributed by atoms with van der Waals surface area (Å²) in [5.74, 6) is -1.93. The van der Waals surface area contributed by atoms with Crippen LogP contribution in [0.4, 0.5) is 10.6 Å². The number of benzene rings is 1. The summed E-state index contributed by atoms with van der Waals surface area (Å²) in [6, 6.07) is 6.67. The molecule has 13 heteroatoms. The molecule has 6 amide bonds. The van der Waals surface area contributed by atoms with E-state index in [2.05, 4.69) is 25.9 Å². The van der Waals surface area contributed by atoms with Crippen LogP contribution in [-0.4, -0.2) is 57.7 Å². The highest BCUT2D eigenvalue weighted by atomic mass is 32.1. The number of piperidine rings is 1. The minimum Gasteiger partial charge on any atom is -0.494 e. The molecule has 0 bridgehead atoms. The van der Waals surface area contributed by atoms with Crippen LogP contribution in [0.25, 0.3) is 10.2 Å². The first kappa shape index (κ1) is 24.3. The molecular weight excluding hydrogens is 500 g/mol. The van der Waals surface area contributed by atoms with E-state index in [0.29, 0.717) is 16.3 Å². The van der Waals surface area contributed by atoms with Crippen molar-refractivity contribution in [1.29, 1.82) is 0 Å². The Labute approximate surface area is 214 Å². The van der Waals surface area contributed by atoms with Gasteiger partial charge in [0.15, 0.2) is 0 Å². The van der Waals surface area contributed by atoms with Gasteiger partial charge in [-0.1, -0.05) is 6.07 Å².